The van der Waals surface area contributed by atoms with Crippen LogP contribution in [0.5, 0.6) is 0 Å². The van der Waals surface area contributed by atoms with Crippen LogP contribution in [0.3, 0.4) is 0 Å². The summed E-state index contributed by atoms with van der Waals surface area (Å²) in [4.78, 5) is 15.2. The molecule has 0 aliphatic rings. The molecule has 3 aromatic rings. The Morgan fingerprint density at radius 1 is 0.667 bits per heavy atom. The van der Waals surface area contributed by atoms with E-state index in [4.69, 9.17) is 23.5 Å². The zero-order valence-electron chi connectivity index (χ0n) is 45.7. The van der Waals surface area contributed by atoms with E-state index >= 15 is 0 Å². The summed E-state index contributed by atoms with van der Waals surface area (Å²) in [5.74, 6) is -0.254. The molecule has 1 unspecified atom stereocenters. The first-order valence-electron chi connectivity index (χ1n) is 23.0. The smallest absolute Gasteiger partial charge is 0.201 e. The van der Waals surface area contributed by atoms with E-state index in [0.29, 0.717) is 28.3 Å². The lowest BCUT2D eigenvalue weighted by molar-refractivity contribution is 0.280. The maximum Gasteiger partial charge on any atom is 0.201 e. The highest BCUT2D eigenvalue weighted by Crippen LogP contribution is 2.38. The Bertz CT molecular complexity index is 2080. The molecule has 0 radical (unpaired) electrons. The quantitative estimate of drug-likeness (QED) is 0.0628. The van der Waals surface area contributed by atoms with E-state index in [2.05, 4.69) is 174 Å². The van der Waals surface area contributed by atoms with Gasteiger partial charge in [0.1, 0.15) is 5.88 Å². The summed E-state index contributed by atoms with van der Waals surface area (Å²) in [7, 11) is -10.7. The number of halogens is 2. The Morgan fingerprint density at radius 3 is 1.36 bits per heavy atom. The number of sulfone groups is 2. The molecule has 20 heteroatoms. The molecule has 0 aliphatic heterocycles. The third-order valence-corrected chi connectivity index (χ3v) is 30.0. The molecule has 0 saturated heterocycles. The lowest BCUT2D eigenvalue weighted by atomic mass is 10.2. The summed E-state index contributed by atoms with van der Waals surface area (Å²) in [5, 5.41) is 16.3. The number of alkyl halides is 2. The lowest BCUT2D eigenvalue weighted by Gasteiger charge is -2.36. The molecule has 0 bridgehead atoms. The number of aliphatic hydroxyl groups excluding tert-OH is 2. The van der Waals surface area contributed by atoms with Gasteiger partial charge in [-0.15, -0.1) is 0 Å². The van der Waals surface area contributed by atoms with Crippen LogP contribution in [0.4, 0.5) is 0 Å². The number of hydrogen-bond donors (Lipinski definition) is 3. The molecule has 0 amide bonds. The number of hydrogen-bond acceptors (Lipinski definition) is 12. The Labute approximate surface area is 440 Å². The number of rotatable bonds is 18. The highest BCUT2D eigenvalue weighted by Gasteiger charge is 2.39. The van der Waals surface area contributed by atoms with Crippen LogP contribution < -0.4 is 0 Å². The van der Waals surface area contributed by atoms with Gasteiger partial charge >= 0.3 is 0 Å². The molecule has 0 fully saturated rings. The van der Waals surface area contributed by atoms with Gasteiger partial charge in [-0.1, -0.05) is 130 Å². The van der Waals surface area contributed by atoms with E-state index in [-0.39, 0.29) is 27.5 Å². The Balaban J connectivity index is -0.000000837. The summed E-state index contributed by atoms with van der Waals surface area (Å²) in [6.07, 6.45) is 2.98. The number of aryl methyl sites for hydroxylation is 3. The van der Waals surface area contributed by atoms with Crippen LogP contribution in [0.15, 0.2) is 74.6 Å². The SMILES string of the molecule is C=NC(CCO[Si](C)(C)C(C)(C)C)S(=O)(=O)c1ccc(C)cc1.C=NCS(=O)(=O)c1ccc(C)cc1.CC(C)(C)[Si](C)(C)OCCBr.CO.Cc1[nH]cnc1CCO[Si](C)(C)C(C)(C)C.OCCBr. The maximum atomic E-state index is 12.6. The number of aromatic nitrogens is 2. The number of aromatic amines is 1. The van der Waals surface area contributed by atoms with Gasteiger partial charge in [-0.25, -0.2) is 21.8 Å². The predicted octanol–water partition coefficient (Wildman–Crippen LogP) is 12.3. The minimum absolute atomic E-state index is 0.0972. The van der Waals surface area contributed by atoms with Crippen LogP contribution in [0.2, 0.25) is 54.4 Å². The summed E-state index contributed by atoms with van der Waals surface area (Å²) < 4.78 is 66.1. The minimum Gasteiger partial charge on any atom is -0.417 e. The fourth-order valence-electron chi connectivity index (χ4n) is 4.57. The average Bonchev–Trinajstić information content (AvgIpc) is 3.66. The second-order valence-electron chi connectivity index (χ2n) is 20.7. The normalized spacial score (nSPS) is 12.7. The molecule has 0 saturated carbocycles. The van der Waals surface area contributed by atoms with E-state index in [1.165, 1.54) is 0 Å². The monoisotopic (exact) mass is 1190 g/mol. The van der Waals surface area contributed by atoms with Crippen molar-refractivity contribution in [2.75, 3.05) is 50.1 Å². The molecule has 69 heavy (non-hydrogen) atoms. The molecule has 0 spiro atoms. The van der Waals surface area contributed by atoms with E-state index in [0.717, 1.165) is 54.6 Å². The molecule has 1 aromatic heterocycles. The van der Waals surface area contributed by atoms with Gasteiger partial charge in [0.15, 0.2) is 40.2 Å². The zero-order valence-corrected chi connectivity index (χ0v) is 53.5. The van der Waals surface area contributed by atoms with Gasteiger partial charge in [-0.2, -0.15) is 0 Å². The largest absolute Gasteiger partial charge is 0.417 e. The number of benzene rings is 2. The van der Waals surface area contributed by atoms with Crippen molar-refractivity contribution in [3.8, 4) is 0 Å². The molecule has 1 heterocycles. The second kappa shape index (κ2) is 33.2. The Kier molecular flexibility index (Phi) is 34.4. The third kappa shape index (κ3) is 27.8. The standard InChI is InChI=1S/C17H29NO3SSi.C12H24N2OSi.C9H11NO2S.C8H19BrOSi.C2H5BrO.CH4O/c1-14-8-10-15(11-9-14)22(19,20)16(18-5)12-13-21-23(6,7)17(2,3)4;1-10-11(14-9-13-10)7-8-15-16(5,6)12(2,3)4;1-8-3-5-9(6-4-8)13(11,12)7-10-2;1-8(2,3)11(4,5)10-7-6-9;3-1-2-4;1-2/h8-11,16H,5,12-13H2,1-4,6-7H3;9H,7-8H2,1-6H3,(H,13,14);3-6H,2,7H2,1H3;6-7H2,1-5H3;4H,1-2H2;2H,1H3. The van der Waals surface area contributed by atoms with E-state index < -0.39 is 50.0 Å². The van der Waals surface area contributed by atoms with E-state index in [1.54, 1.807) is 54.9 Å². The van der Waals surface area contributed by atoms with Gasteiger partial charge in [0.25, 0.3) is 0 Å². The van der Waals surface area contributed by atoms with Crippen molar-refractivity contribution in [3.63, 3.8) is 0 Å². The lowest BCUT2D eigenvalue weighted by Crippen LogP contribution is -2.41. The van der Waals surface area contributed by atoms with Crippen molar-refractivity contribution in [1.82, 2.24) is 9.97 Å². The van der Waals surface area contributed by atoms with Gasteiger partial charge < -0.3 is 28.5 Å². The number of nitrogens with zero attached hydrogens (tertiary/aromatic N) is 3. The van der Waals surface area contributed by atoms with Crippen LogP contribution in [-0.2, 0) is 39.4 Å². The Hall–Kier alpha value is -1.70. The highest BCUT2D eigenvalue weighted by molar-refractivity contribution is 9.09. The molecular formula is C49H92Br2N4O9S2Si3. The summed E-state index contributed by atoms with van der Waals surface area (Å²) in [5.41, 5.74) is 4.33. The second-order valence-corrected chi connectivity index (χ2v) is 40.8. The van der Waals surface area contributed by atoms with Crippen LogP contribution in [-0.4, -0.2) is 131 Å². The zero-order chi connectivity index (χ0) is 54.7. The number of H-pyrrole nitrogens is 1. The minimum atomic E-state index is -3.51. The number of imidazole rings is 1. The van der Waals surface area contributed by atoms with Crippen LogP contribution in [0, 0.1) is 20.8 Å². The average molecular weight is 1190 g/mol. The topological polar surface area (TPSA) is 190 Å². The molecule has 1 atom stereocenters. The van der Waals surface area contributed by atoms with Crippen molar-refractivity contribution in [2.24, 2.45) is 9.98 Å². The van der Waals surface area contributed by atoms with Crippen molar-refractivity contribution in [1.29, 1.82) is 0 Å². The van der Waals surface area contributed by atoms with E-state index in [9.17, 15) is 16.8 Å². The maximum absolute atomic E-state index is 12.6. The van der Waals surface area contributed by atoms with Gasteiger partial charge in [0.05, 0.1) is 28.4 Å². The summed E-state index contributed by atoms with van der Waals surface area (Å²) in [6.45, 7) is 48.2. The first kappa shape index (κ1) is 71.6. The summed E-state index contributed by atoms with van der Waals surface area (Å²) >= 11 is 6.36. The molecule has 400 valence electrons. The van der Waals surface area contributed by atoms with Crippen molar-refractivity contribution in [3.05, 3.63) is 77.4 Å². The fourth-order valence-corrected chi connectivity index (χ4v) is 10.6. The number of aliphatic imine (C=N–C) groups is 2. The third-order valence-electron chi connectivity index (χ3n) is 12.2. The first-order chi connectivity index (χ1) is 31.4. The number of aliphatic hydroxyl groups is 2. The molecular weight excluding hydrogens is 1100 g/mol. The predicted molar refractivity (Wildman–Crippen MR) is 308 cm³/mol. The molecule has 3 rings (SSSR count). The molecule has 0 aliphatic carbocycles. The number of nitrogens with one attached hydrogen (secondary N) is 1. The molecule has 13 nitrogen and oxygen atoms in total. The van der Waals surface area contributed by atoms with Crippen molar-refractivity contribution >= 4 is 89.9 Å². The highest BCUT2D eigenvalue weighted by atomic mass is 79.9. The van der Waals surface area contributed by atoms with Gasteiger partial charge in [0.2, 0.25) is 9.84 Å². The van der Waals surface area contributed by atoms with Crippen LogP contribution in [0.1, 0.15) is 91.2 Å². The Morgan fingerprint density at radius 2 is 1.04 bits per heavy atom. The molecule has 2 aromatic carbocycles. The van der Waals surface area contributed by atoms with Crippen molar-refractivity contribution in [2.45, 2.75) is 165 Å². The van der Waals surface area contributed by atoms with Crippen LogP contribution in [0.25, 0.3) is 0 Å². The van der Waals surface area contributed by atoms with Crippen LogP contribution >= 0.6 is 31.9 Å². The van der Waals surface area contributed by atoms with Gasteiger partial charge in [0, 0.05) is 56.1 Å². The van der Waals surface area contributed by atoms with Gasteiger partial charge in [-0.05, 0) is 113 Å². The summed E-state index contributed by atoms with van der Waals surface area (Å²) in [6, 6.07) is 13.5. The van der Waals surface area contributed by atoms with Crippen molar-refractivity contribution < 1.29 is 40.3 Å². The van der Waals surface area contributed by atoms with E-state index in [1.807, 2.05) is 13.8 Å². The molecule has 3 N–H and O–H groups in total. The first-order valence-corrected chi connectivity index (χ1v) is 37.2. The van der Waals surface area contributed by atoms with Gasteiger partial charge in [-0.3, -0.25) is 9.98 Å². The fraction of sp³-hybridized carbons (Fsp3) is 0.653.